The van der Waals surface area contributed by atoms with Crippen molar-refractivity contribution in [1.82, 2.24) is 24.5 Å². The third kappa shape index (κ3) is 4.25. The Kier molecular flexibility index (Phi) is 5.93. The van der Waals surface area contributed by atoms with Crippen LogP contribution in [-0.2, 0) is 11.3 Å². The fraction of sp³-hybridized carbons (Fsp3) is 0.259. The molecule has 1 aromatic carbocycles. The minimum absolute atomic E-state index is 0.0138. The number of fused-ring (bicyclic) bond motifs is 2. The van der Waals surface area contributed by atoms with Crippen molar-refractivity contribution in [3.63, 3.8) is 0 Å². The van der Waals surface area contributed by atoms with Crippen LogP contribution in [0.15, 0.2) is 55.2 Å². The summed E-state index contributed by atoms with van der Waals surface area (Å²) in [5.41, 5.74) is 10.6. The highest BCUT2D eigenvalue weighted by Crippen LogP contribution is 2.37. The van der Waals surface area contributed by atoms with Gasteiger partial charge in [0, 0.05) is 54.7 Å². The summed E-state index contributed by atoms with van der Waals surface area (Å²) >= 11 is 0. The maximum absolute atomic E-state index is 6.26. The molecule has 5 aromatic rings. The molecule has 0 bridgehead atoms. The Hall–Kier alpha value is -4.44. The number of benzene rings is 1. The molecule has 0 saturated carbocycles. The van der Waals surface area contributed by atoms with Gasteiger partial charge in [-0.1, -0.05) is 0 Å². The zero-order valence-electron chi connectivity index (χ0n) is 20.6. The number of nitrogens with one attached hydrogen (secondary N) is 1. The number of nitrogens with two attached hydrogens (primary N) is 1. The first-order chi connectivity index (χ1) is 18.1. The molecule has 0 aliphatic carbocycles. The topological polar surface area (TPSA) is 122 Å². The van der Waals surface area contributed by atoms with E-state index in [1.807, 2.05) is 48.1 Å². The summed E-state index contributed by atoms with van der Waals surface area (Å²) in [5, 5.41) is 4.81. The van der Waals surface area contributed by atoms with E-state index < -0.39 is 0 Å². The minimum atomic E-state index is -0.0138. The predicted molar refractivity (Wildman–Crippen MR) is 141 cm³/mol. The monoisotopic (exact) mass is 497 g/mol. The van der Waals surface area contributed by atoms with Crippen LogP contribution in [-0.4, -0.2) is 45.3 Å². The van der Waals surface area contributed by atoms with E-state index in [1.54, 1.807) is 19.5 Å². The molecule has 0 spiro atoms. The lowest BCUT2D eigenvalue weighted by atomic mass is 10.1. The van der Waals surface area contributed by atoms with Crippen LogP contribution in [0.5, 0.6) is 11.5 Å². The van der Waals surface area contributed by atoms with Crippen molar-refractivity contribution < 1.29 is 14.2 Å². The number of nitrogen functional groups attached to an aromatic ring is 1. The first-order valence-electron chi connectivity index (χ1n) is 12.1. The van der Waals surface area contributed by atoms with Gasteiger partial charge in [0.05, 0.1) is 36.0 Å². The van der Waals surface area contributed by atoms with E-state index in [4.69, 9.17) is 19.9 Å². The van der Waals surface area contributed by atoms with Crippen LogP contribution < -0.4 is 20.5 Å². The molecular weight excluding hydrogens is 470 g/mol. The zero-order valence-corrected chi connectivity index (χ0v) is 20.6. The highest BCUT2D eigenvalue weighted by molar-refractivity contribution is 5.91. The second-order valence-electron chi connectivity index (χ2n) is 8.89. The number of aromatic nitrogens is 5. The van der Waals surface area contributed by atoms with Crippen molar-refractivity contribution in [2.75, 3.05) is 31.8 Å². The largest absolute Gasteiger partial charge is 0.496 e. The Balaban J connectivity index is 1.29. The van der Waals surface area contributed by atoms with E-state index in [0.29, 0.717) is 18.2 Å². The molecule has 4 aromatic heterocycles. The van der Waals surface area contributed by atoms with Crippen molar-refractivity contribution in [3.05, 3.63) is 66.4 Å². The van der Waals surface area contributed by atoms with Gasteiger partial charge in [0.2, 0.25) is 0 Å². The van der Waals surface area contributed by atoms with Crippen molar-refractivity contribution in [2.45, 2.75) is 25.6 Å². The Bertz CT molecular complexity index is 1590. The number of hydrogen-bond donors (Lipinski definition) is 2. The average molecular weight is 498 g/mol. The lowest BCUT2D eigenvalue weighted by Gasteiger charge is -2.11. The van der Waals surface area contributed by atoms with Gasteiger partial charge in [0.25, 0.3) is 0 Å². The molecule has 1 saturated heterocycles. The van der Waals surface area contributed by atoms with E-state index in [0.717, 1.165) is 69.8 Å². The maximum atomic E-state index is 6.26. The zero-order chi connectivity index (χ0) is 25.4. The van der Waals surface area contributed by atoms with Crippen LogP contribution in [0.3, 0.4) is 0 Å². The molecule has 188 valence electrons. The number of methoxy groups -OCH3 is 1. The van der Waals surface area contributed by atoms with Crippen molar-refractivity contribution in [2.24, 2.45) is 0 Å². The van der Waals surface area contributed by atoms with Gasteiger partial charge in [-0.2, -0.15) is 0 Å². The Morgan fingerprint density at radius 3 is 2.92 bits per heavy atom. The molecule has 3 N–H and O–H groups in total. The number of pyridine rings is 2. The predicted octanol–water partition coefficient (Wildman–Crippen LogP) is 4.43. The highest BCUT2D eigenvalue weighted by atomic mass is 16.5. The number of rotatable bonds is 7. The molecule has 10 nitrogen and oxygen atoms in total. The lowest BCUT2D eigenvalue weighted by molar-refractivity contribution is 0.113. The summed E-state index contributed by atoms with van der Waals surface area (Å²) in [4.78, 5) is 17.8. The quantitative estimate of drug-likeness (QED) is 0.336. The maximum Gasteiger partial charge on any atom is 0.150 e. The molecule has 5 heterocycles. The first kappa shape index (κ1) is 23.0. The molecular formula is C27H27N7O3. The Morgan fingerprint density at radius 2 is 2.11 bits per heavy atom. The smallest absolute Gasteiger partial charge is 0.150 e. The van der Waals surface area contributed by atoms with E-state index in [-0.39, 0.29) is 6.10 Å². The third-order valence-corrected chi connectivity index (χ3v) is 6.60. The van der Waals surface area contributed by atoms with Gasteiger partial charge in [0.15, 0.2) is 0 Å². The average Bonchev–Trinajstić information content (AvgIpc) is 3.60. The summed E-state index contributed by atoms with van der Waals surface area (Å²) in [6.07, 6.45) is 9.06. The van der Waals surface area contributed by atoms with Crippen molar-refractivity contribution in [1.29, 1.82) is 0 Å². The van der Waals surface area contributed by atoms with Crippen molar-refractivity contribution in [3.8, 4) is 17.2 Å². The molecule has 1 fully saturated rings. The molecule has 1 aliphatic heterocycles. The van der Waals surface area contributed by atoms with Crippen LogP contribution >= 0.6 is 0 Å². The standard InChI is InChI=1S/C27H27N7O3/c1-29-24-10-23(35-2)19-6-5-18(9-21(19)33-24)37-14-16-8-17(12-30-11-16)34-13-20(22-4-3-7-36-22)25-26(28)31-15-32-27(25)34/h5-6,8-13,15,22H,3-4,7,14H2,1-2H3,(H,29,33)(H2,28,31,32)/t22-/m0/s1. The lowest BCUT2D eigenvalue weighted by Crippen LogP contribution is -2.01. The number of hydrogen-bond acceptors (Lipinski definition) is 9. The fourth-order valence-electron chi connectivity index (χ4n) is 4.79. The highest BCUT2D eigenvalue weighted by Gasteiger charge is 2.25. The van der Waals surface area contributed by atoms with Crippen molar-refractivity contribution >= 4 is 33.6 Å². The third-order valence-electron chi connectivity index (χ3n) is 6.60. The molecule has 0 radical (unpaired) electrons. The Labute approximate surface area is 213 Å². The van der Waals surface area contributed by atoms with E-state index in [9.17, 15) is 0 Å². The minimum Gasteiger partial charge on any atom is -0.496 e. The second kappa shape index (κ2) is 9.55. The van der Waals surface area contributed by atoms with E-state index in [1.165, 1.54) is 6.33 Å². The first-order valence-corrected chi connectivity index (χ1v) is 12.1. The number of nitrogens with zero attached hydrogens (tertiary/aromatic N) is 5. The molecule has 0 unspecified atom stereocenters. The molecule has 0 amide bonds. The molecule has 1 aliphatic rings. The van der Waals surface area contributed by atoms with Crippen LogP contribution in [0.4, 0.5) is 11.6 Å². The van der Waals surface area contributed by atoms with E-state index >= 15 is 0 Å². The van der Waals surface area contributed by atoms with Gasteiger partial charge in [-0.25, -0.2) is 15.0 Å². The SMILES string of the molecule is CNc1cc(OC)c2ccc(OCc3cncc(-n4cc([C@@H]5CCCO5)c5c(N)ncnc54)c3)cc2n1. The summed E-state index contributed by atoms with van der Waals surface area (Å²) in [6, 6.07) is 9.67. The van der Waals surface area contributed by atoms with Crippen LogP contribution in [0.1, 0.15) is 30.1 Å². The second-order valence-corrected chi connectivity index (χ2v) is 8.89. The van der Waals surface area contributed by atoms with Gasteiger partial charge >= 0.3 is 0 Å². The summed E-state index contributed by atoms with van der Waals surface area (Å²) in [7, 11) is 3.47. The normalized spacial score (nSPS) is 15.4. The van der Waals surface area contributed by atoms with Gasteiger partial charge < -0.3 is 25.3 Å². The summed E-state index contributed by atoms with van der Waals surface area (Å²) < 4.78 is 19.6. The van der Waals surface area contributed by atoms with Crippen LogP contribution in [0.25, 0.3) is 27.6 Å². The molecule has 6 rings (SSSR count). The van der Waals surface area contributed by atoms with Gasteiger partial charge in [-0.05, 0) is 31.0 Å². The van der Waals surface area contributed by atoms with Gasteiger partial charge in [0.1, 0.15) is 41.7 Å². The summed E-state index contributed by atoms with van der Waals surface area (Å²) in [6.45, 7) is 1.08. The van der Waals surface area contributed by atoms with Crippen LogP contribution in [0, 0.1) is 0 Å². The molecule has 10 heteroatoms. The van der Waals surface area contributed by atoms with Gasteiger partial charge in [-0.15, -0.1) is 0 Å². The number of anilines is 2. The molecule has 37 heavy (non-hydrogen) atoms. The fourth-order valence-corrected chi connectivity index (χ4v) is 4.79. The summed E-state index contributed by atoms with van der Waals surface area (Å²) in [5.74, 6) is 2.63. The Morgan fingerprint density at radius 1 is 1.19 bits per heavy atom. The molecule has 1 atom stereocenters. The van der Waals surface area contributed by atoms with E-state index in [2.05, 4.69) is 25.3 Å². The van der Waals surface area contributed by atoms with Gasteiger partial charge in [-0.3, -0.25) is 9.55 Å². The number of ether oxygens (including phenoxy) is 3. The van der Waals surface area contributed by atoms with Crippen LogP contribution in [0.2, 0.25) is 0 Å².